The van der Waals surface area contributed by atoms with Crippen LogP contribution in [0.15, 0.2) is 109 Å². The molecule has 0 fully saturated rings. The first-order valence-electron chi connectivity index (χ1n) is 36.4. The summed E-state index contributed by atoms with van der Waals surface area (Å²) in [5.74, 6) is -0.816. The molecule has 0 aromatic heterocycles. The van der Waals surface area contributed by atoms with Crippen molar-refractivity contribution in [3.63, 3.8) is 0 Å². The van der Waals surface area contributed by atoms with Gasteiger partial charge in [-0.15, -0.1) is 0 Å². The first-order chi connectivity index (χ1) is 42.8. The van der Waals surface area contributed by atoms with E-state index >= 15 is 0 Å². The Morgan fingerprint density at radius 1 is 0.345 bits per heavy atom. The number of nitrogens with two attached hydrogens (primary N) is 1. The van der Waals surface area contributed by atoms with E-state index in [2.05, 4.69) is 123 Å². The fourth-order valence-electron chi connectivity index (χ4n) is 10.4. The number of hydrogen-bond acceptors (Lipinski definition) is 8. The Bertz CT molecular complexity index is 1800. The maximum absolute atomic E-state index is 12.8. The normalized spacial score (nSPS) is 13.6. The molecule has 10 heteroatoms. The molecule has 502 valence electrons. The van der Waals surface area contributed by atoms with Gasteiger partial charge in [0.05, 0.1) is 13.2 Å². The quantitative estimate of drug-likeness (QED) is 0.0264. The Kier molecular flexibility index (Phi) is 69.0. The molecule has 0 saturated heterocycles. The second-order valence-corrected chi connectivity index (χ2v) is 25.5. The van der Waals surface area contributed by atoms with Crippen molar-refractivity contribution in [2.45, 2.75) is 341 Å². The summed E-state index contributed by atoms with van der Waals surface area (Å²) >= 11 is 0. The molecule has 0 aliphatic carbocycles. The summed E-state index contributed by atoms with van der Waals surface area (Å²) in [5.41, 5.74) is 5.41. The lowest BCUT2D eigenvalue weighted by Crippen LogP contribution is -2.29. The number of hydrogen-bond donors (Lipinski definition) is 2. The first-order valence-corrected chi connectivity index (χ1v) is 37.9. The first kappa shape index (κ1) is 83.7. The van der Waals surface area contributed by atoms with E-state index in [1.165, 1.54) is 205 Å². The zero-order valence-corrected chi connectivity index (χ0v) is 57.4. The van der Waals surface area contributed by atoms with Gasteiger partial charge in [0, 0.05) is 19.4 Å². The van der Waals surface area contributed by atoms with E-state index in [1.807, 2.05) is 0 Å². The molecule has 0 aliphatic heterocycles. The third-order valence-electron chi connectivity index (χ3n) is 15.7. The van der Waals surface area contributed by atoms with E-state index in [4.69, 9.17) is 24.3 Å². The van der Waals surface area contributed by atoms with Crippen LogP contribution in [0.4, 0.5) is 0 Å². The minimum atomic E-state index is -4.40. The molecule has 3 N–H and O–H groups in total. The van der Waals surface area contributed by atoms with Crippen LogP contribution in [-0.2, 0) is 32.7 Å². The Morgan fingerprint density at radius 2 is 0.598 bits per heavy atom. The van der Waals surface area contributed by atoms with Gasteiger partial charge in [-0.25, -0.2) is 4.57 Å². The monoisotopic (exact) mass is 1230 g/mol. The average molecular weight is 1230 g/mol. The van der Waals surface area contributed by atoms with Crippen molar-refractivity contribution in [1.29, 1.82) is 0 Å². The molecule has 0 aromatic rings. The van der Waals surface area contributed by atoms with E-state index in [-0.39, 0.29) is 38.6 Å². The predicted molar refractivity (Wildman–Crippen MR) is 376 cm³/mol. The number of ether oxygens (including phenoxy) is 2. The highest BCUT2D eigenvalue weighted by Crippen LogP contribution is 2.43. The standard InChI is InChI=1S/C77H136NO8P/c1-3-5-7-9-11-13-15-17-19-21-23-25-27-29-31-33-35-36-37-38-40-41-43-45-47-49-51-53-55-57-59-61-63-65-67-69-76(79)83-73-75(74-85-87(81,82)84-72-71-78)86-77(80)70-68-66-64-62-60-58-56-54-52-50-48-46-44-42-39-34-32-30-28-26-24-22-20-18-16-14-12-10-8-6-4-2/h5-8,11-14,17-20,23-26,30,32,75H,3-4,9-10,15-16,21-22,27-29,31,33-74,78H2,1-2H3,(H,81,82)/b7-5-,8-6-,13-11-,14-12-,19-17-,20-18-,25-23-,26-24-,32-30-. The Labute approximate surface area is 537 Å². The summed E-state index contributed by atoms with van der Waals surface area (Å²) < 4.78 is 33.2. The third-order valence-corrected chi connectivity index (χ3v) is 16.6. The van der Waals surface area contributed by atoms with Gasteiger partial charge in [0.1, 0.15) is 6.61 Å². The topological polar surface area (TPSA) is 134 Å². The van der Waals surface area contributed by atoms with Crippen LogP contribution in [0.2, 0.25) is 0 Å². The zero-order chi connectivity index (χ0) is 63.0. The van der Waals surface area contributed by atoms with Crippen LogP contribution in [0.25, 0.3) is 0 Å². The van der Waals surface area contributed by atoms with Crippen LogP contribution in [0.1, 0.15) is 335 Å². The zero-order valence-electron chi connectivity index (χ0n) is 56.5. The smallest absolute Gasteiger partial charge is 0.462 e. The van der Waals surface area contributed by atoms with Crippen molar-refractivity contribution >= 4 is 19.8 Å². The highest BCUT2D eigenvalue weighted by Gasteiger charge is 2.26. The summed E-state index contributed by atoms with van der Waals surface area (Å²) in [7, 11) is -4.40. The van der Waals surface area contributed by atoms with Crippen molar-refractivity contribution in [3.05, 3.63) is 109 Å². The van der Waals surface area contributed by atoms with E-state index in [9.17, 15) is 19.0 Å². The van der Waals surface area contributed by atoms with Gasteiger partial charge in [-0.2, -0.15) is 0 Å². The molecular formula is C77H136NO8P. The number of phosphoric acid groups is 1. The molecular weight excluding hydrogens is 1100 g/mol. The number of esters is 2. The highest BCUT2D eigenvalue weighted by atomic mass is 31.2. The van der Waals surface area contributed by atoms with Crippen LogP contribution < -0.4 is 5.73 Å². The molecule has 0 spiro atoms. The summed E-state index contributed by atoms with van der Waals surface area (Å²) in [6.45, 7) is 3.56. The van der Waals surface area contributed by atoms with Crippen molar-refractivity contribution in [1.82, 2.24) is 0 Å². The molecule has 0 aromatic carbocycles. The Balaban J connectivity index is 3.83. The molecule has 9 nitrogen and oxygen atoms in total. The SMILES string of the molecule is CC/C=C\C/C=C\C/C=C\C/C=C\C/C=C\CCCCCCCCCCCCCCCCCC(=O)OC(COC(=O)CCCCCCCCCCCCCCCCCCCCCCCC/C=C\C/C=C\C/C=C\C/C=C\CC)COP(=O)(O)OCCN. The van der Waals surface area contributed by atoms with Gasteiger partial charge in [-0.1, -0.05) is 335 Å². The average Bonchev–Trinajstić information content (AvgIpc) is 3.66. The molecule has 2 atom stereocenters. The molecule has 0 heterocycles. The lowest BCUT2D eigenvalue weighted by Gasteiger charge is -2.19. The highest BCUT2D eigenvalue weighted by molar-refractivity contribution is 7.47. The lowest BCUT2D eigenvalue weighted by molar-refractivity contribution is -0.161. The van der Waals surface area contributed by atoms with Gasteiger partial charge in [-0.3, -0.25) is 18.6 Å². The number of carbonyl (C=O) groups is 2. The summed E-state index contributed by atoms with van der Waals surface area (Å²) in [5, 5.41) is 0. The van der Waals surface area contributed by atoms with Gasteiger partial charge in [0.2, 0.25) is 0 Å². The van der Waals surface area contributed by atoms with Gasteiger partial charge < -0.3 is 20.1 Å². The predicted octanol–water partition coefficient (Wildman–Crippen LogP) is 24.1. The minimum absolute atomic E-state index is 0.0517. The van der Waals surface area contributed by atoms with E-state index in [0.717, 1.165) is 96.3 Å². The van der Waals surface area contributed by atoms with Crippen molar-refractivity contribution < 1.29 is 37.6 Å². The molecule has 0 radical (unpaired) electrons. The summed E-state index contributed by atoms with van der Waals surface area (Å²) in [6.07, 6.45) is 99.1. The van der Waals surface area contributed by atoms with Gasteiger partial charge in [-0.05, 0) is 96.3 Å². The summed E-state index contributed by atoms with van der Waals surface area (Å²) in [4.78, 5) is 35.4. The number of rotatable bonds is 68. The molecule has 87 heavy (non-hydrogen) atoms. The number of allylic oxidation sites excluding steroid dienone is 18. The van der Waals surface area contributed by atoms with Crippen LogP contribution in [-0.4, -0.2) is 49.3 Å². The van der Waals surface area contributed by atoms with Crippen LogP contribution >= 0.6 is 7.82 Å². The van der Waals surface area contributed by atoms with Gasteiger partial charge >= 0.3 is 19.8 Å². The Morgan fingerprint density at radius 3 is 0.885 bits per heavy atom. The number of phosphoric ester groups is 1. The molecule has 0 amide bonds. The molecule has 0 saturated carbocycles. The molecule has 2 unspecified atom stereocenters. The Hall–Kier alpha value is -3.33. The van der Waals surface area contributed by atoms with Crippen LogP contribution in [0.5, 0.6) is 0 Å². The lowest BCUT2D eigenvalue weighted by atomic mass is 10.0. The van der Waals surface area contributed by atoms with Crippen LogP contribution in [0.3, 0.4) is 0 Å². The fraction of sp³-hybridized carbons (Fsp3) is 0.740. The maximum Gasteiger partial charge on any atom is 0.472 e. The van der Waals surface area contributed by atoms with Gasteiger partial charge in [0.25, 0.3) is 0 Å². The second-order valence-electron chi connectivity index (χ2n) is 24.0. The van der Waals surface area contributed by atoms with Crippen molar-refractivity contribution in [2.24, 2.45) is 5.73 Å². The minimum Gasteiger partial charge on any atom is -0.462 e. The van der Waals surface area contributed by atoms with Crippen molar-refractivity contribution in [3.8, 4) is 0 Å². The summed E-state index contributed by atoms with van der Waals surface area (Å²) in [6, 6.07) is 0. The second kappa shape index (κ2) is 71.7. The van der Waals surface area contributed by atoms with E-state index < -0.39 is 26.5 Å². The van der Waals surface area contributed by atoms with E-state index in [0.29, 0.717) is 6.42 Å². The number of carbonyl (C=O) groups excluding carboxylic acids is 2. The molecule has 0 bridgehead atoms. The molecule has 0 aliphatic rings. The van der Waals surface area contributed by atoms with Crippen molar-refractivity contribution in [2.75, 3.05) is 26.4 Å². The van der Waals surface area contributed by atoms with Gasteiger partial charge in [0.15, 0.2) is 6.10 Å². The number of unbranched alkanes of at least 4 members (excludes halogenated alkanes) is 37. The molecule has 0 rings (SSSR count). The third kappa shape index (κ3) is 71.6. The van der Waals surface area contributed by atoms with E-state index in [1.54, 1.807) is 0 Å². The fourth-order valence-corrected chi connectivity index (χ4v) is 11.1. The van der Waals surface area contributed by atoms with Crippen LogP contribution in [0, 0.1) is 0 Å². The largest absolute Gasteiger partial charge is 0.472 e. The maximum atomic E-state index is 12.8.